The van der Waals surface area contributed by atoms with E-state index in [9.17, 15) is 0 Å². The lowest BCUT2D eigenvalue weighted by molar-refractivity contribution is 0.414. The molecule has 1 nitrogen and oxygen atoms in total. The van der Waals surface area contributed by atoms with Crippen LogP contribution in [0.15, 0.2) is 34.8 Å². The molecule has 1 aromatic heterocycles. The number of rotatable bonds is 4. The number of thiophene rings is 1. The molecule has 0 amide bonds. The lowest BCUT2D eigenvalue weighted by atomic mass is 10.1. The third-order valence-corrected chi connectivity index (χ3v) is 6.26. The van der Waals surface area contributed by atoms with Gasteiger partial charge in [-0.05, 0) is 46.1 Å². The van der Waals surface area contributed by atoms with Gasteiger partial charge in [0.05, 0.1) is 11.9 Å². The zero-order valence-corrected chi connectivity index (χ0v) is 14.4. The predicted molar refractivity (Wildman–Crippen MR) is 85.4 cm³/mol. The van der Waals surface area contributed by atoms with Crippen LogP contribution in [0, 0.1) is 0 Å². The third-order valence-electron chi connectivity index (χ3n) is 2.55. The van der Waals surface area contributed by atoms with E-state index in [1.165, 1.54) is 10.4 Å². The minimum Gasteiger partial charge on any atom is -0.497 e. The normalized spacial score (nSPS) is 12.4. The van der Waals surface area contributed by atoms with Gasteiger partial charge in [-0.2, -0.15) is 0 Å². The molecule has 0 N–H and O–H groups in total. The number of hydrogen-bond donors (Lipinski definition) is 0. The van der Waals surface area contributed by atoms with Gasteiger partial charge in [0, 0.05) is 9.35 Å². The largest absolute Gasteiger partial charge is 0.497 e. The maximum atomic E-state index is 6.05. The van der Waals surface area contributed by atoms with Crippen LogP contribution in [0.25, 0.3) is 0 Å². The lowest BCUT2D eigenvalue weighted by Gasteiger charge is -2.08. The van der Waals surface area contributed by atoms with Crippen molar-refractivity contribution in [2.75, 3.05) is 7.11 Å². The molecule has 0 aliphatic carbocycles. The second kappa shape index (κ2) is 6.42. The maximum Gasteiger partial charge on any atom is 0.118 e. The summed E-state index contributed by atoms with van der Waals surface area (Å²) in [6.07, 6.45) is 0.924. The number of alkyl halides is 1. The molecule has 2 rings (SSSR count). The van der Waals surface area contributed by atoms with Gasteiger partial charge in [-0.3, -0.25) is 0 Å². The summed E-state index contributed by atoms with van der Waals surface area (Å²) in [7, 11) is 1.67. The molecule has 0 radical (unpaired) electrons. The molecule has 0 spiro atoms. The van der Waals surface area contributed by atoms with Crippen LogP contribution in [-0.4, -0.2) is 7.11 Å². The van der Waals surface area contributed by atoms with Crippen molar-refractivity contribution < 1.29 is 4.74 Å². The van der Waals surface area contributed by atoms with Crippen LogP contribution >= 0.6 is 54.8 Å². The highest BCUT2D eigenvalue weighted by atomic mass is 79.9. The van der Waals surface area contributed by atoms with Crippen molar-refractivity contribution in [1.29, 1.82) is 0 Å². The van der Waals surface area contributed by atoms with Crippen molar-refractivity contribution in [1.82, 2.24) is 0 Å². The first kappa shape index (κ1) is 14.4. The predicted octanol–water partition coefficient (Wildman–Crippen LogP) is 5.85. The number of ether oxygens (including phenoxy) is 1. The fraction of sp³-hybridized carbons (Fsp3) is 0.231. The van der Waals surface area contributed by atoms with Crippen molar-refractivity contribution in [3.05, 3.63) is 49.6 Å². The number of benzene rings is 1. The second-order valence-corrected chi connectivity index (χ2v) is 7.44. The summed E-state index contributed by atoms with van der Waals surface area (Å²) in [5.74, 6) is 0.881. The summed E-state index contributed by atoms with van der Waals surface area (Å²) < 4.78 is 6.90. The molecule has 0 saturated heterocycles. The first-order valence-electron chi connectivity index (χ1n) is 5.32. The zero-order chi connectivity index (χ0) is 13.1. The zero-order valence-electron chi connectivity index (χ0n) is 9.62. The molecule has 5 heteroatoms. The Kier molecular flexibility index (Phi) is 5.13. The fourth-order valence-corrected chi connectivity index (χ4v) is 4.09. The van der Waals surface area contributed by atoms with Gasteiger partial charge in [-0.1, -0.05) is 39.7 Å². The lowest BCUT2D eigenvalue weighted by Crippen LogP contribution is -1.93. The fourth-order valence-electron chi connectivity index (χ4n) is 1.59. The molecule has 0 fully saturated rings. The number of hydrogen-bond acceptors (Lipinski definition) is 2. The van der Waals surface area contributed by atoms with E-state index in [1.54, 1.807) is 18.4 Å². The summed E-state index contributed by atoms with van der Waals surface area (Å²) in [6.45, 7) is 0. The number of halogens is 3. The molecule has 96 valence electrons. The van der Waals surface area contributed by atoms with Crippen LogP contribution in [0.5, 0.6) is 5.75 Å². The van der Waals surface area contributed by atoms with Crippen molar-refractivity contribution >= 4 is 54.8 Å². The Bertz CT molecular complexity index is 505. The molecule has 2 aromatic rings. The second-order valence-electron chi connectivity index (χ2n) is 3.79. The van der Waals surface area contributed by atoms with Gasteiger partial charge in [-0.15, -0.1) is 11.3 Å². The summed E-state index contributed by atoms with van der Waals surface area (Å²) in [6, 6.07) is 10.2. The SMILES string of the molecule is COc1ccc(CC(Br)c2cc(Br)c(Cl)s2)cc1. The minimum atomic E-state index is 0.277. The van der Waals surface area contributed by atoms with E-state index in [0.717, 1.165) is 21.0 Å². The smallest absolute Gasteiger partial charge is 0.118 e. The molecular formula is C13H11Br2ClOS. The Morgan fingerprint density at radius 1 is 1.33 bits per heavy atom. The first-order valence-corrected chi connectivity index (χ1v) is 8.22. The van der Waals surface area contributed by atoms with E-state index in [0.29, 0.717) is 0 Å². The number of methoxy groups -OCH3 is 1. The average Bonchev–Trinajstić information content (AvgIpc) is 2.71. The van der Waals surface area contributed by atoms with Crippen molar-refractivity contribution in [2.45, 2.75) is 11.2 Å². The Hall–Kier alpha value is -0.0300. The molecule has 0 bridgehead atoms. The van der Waals surface area contributed by atoms with Crippen molar-refractivity contribution in [2.24, 2.45) is 0 Å². The molecular weight excluding hydrogens is 399 g/mol. The average molecular weight is 411 g/mol. The quantitative estimate of drug-likeness (QED) is 0.575. The highest BCUT2D eigenvalue weighted by Gasteiger charge is 2.13. The van der Waals surface area contributed by atoms with Crippen LogP contribution in [0.2, 0.25) is 4.34 Å². The van der Waals surface area contributed by atoms with Crippen LogP contribution in [0.1, 0.15) is 15.3 Å². The summed E-state index contributed by atoms with van der Waals surface area (Å²) >= 11 is 14.8. The van der Waals surface area contributed by atoms with Gasteiger partial charge in [0.1, 0.15) is 10.1 Å². The van der Waals surface area contributed by atoms with Gasteiger partial charge in [0.2, 0.25) is 0 Å². The molecule has 1 aromatic carbocycles. The third kappa shape index (κ3) is 3.50. The van der Waals surface area contributed by atoms with Gasteiger partial charge in [0.15, 0.2) is 0 Å². The summed E-state index contributed by atoms with van der Waals surface area (Å²) in [5.41, 5.74) is 1.26. The monoisotopic (exact) mass is 408 g/mol. The summed E-state index contributed by atoms with van der Waals surface area (Å²) in [4.78, 5) is 1.50. The summed E-state index contributed by atoms with van der Waals surface area (Å²) in [5, 5.41) is 0. The Balaban J connectivity index is 2.08. The van der Waals surface area contributed by atoms with Crippen LogP contribution in [-0.2, 0) is 6.42 Å². The molecule has 1 heterocycles. The van der Waals surface area contributed by atoms with Crippen LogP contribution in [0.4, 0.5) is 0 Å². The topological polar surface area (TPSA) is 9.23 Å². The van der Waals surface area contributed by atoms with E-state index in [-0.39, 0.29) is 4.83 Å². The van der Waals surface area contributed by atoms with Crippen molar-refractivity contribution in [3.8, 4) is 5.75 Å². The van der Waals surface area contributed by atoms with Crippen LogP contribution < -0.4 is 4.74 Å². The molecule has 0 aliphatic rings. The first-order chi connectivity index (χ1) is 8.60. The minimum absolute atomic E-state index is 0.277. The highest BCUT2D eigenvalue weighted by molar-refractivity contribution is 9.10. The van der Waals surface area contributed by atoms with E-state index < -0.39 is 0 Å². The molecule has 18 heavy (non-hydrogen) atoms. The van der Waals surface area contributed by atoms with Crippen LogP contribution in [0.3, 0.4) is 0 Å². The van der Waals surface area contributed by atoms with E-state index >= 15 is 0 Å². The molecule has 0 aliphatic heterocycles. The molecule has 1 atom stereocenters. The van der Waals surface area contributed by atoms with Gasteiger partial charge in [-0.25, -0.2) is 0 Å². The van der Waals surface area contributed by atoms with E-state index in [1.807, 2.05) is 12.1 Å². The van der Waals surface area contributed by atoms with E-state index in [4.69, 9.17) is 16.3 Å². The Labute approximate surface area is 132 Å². The van der Waals surface area contributed by atoms with Gasteiger partial charge in [0.25, 0.3) is 0 Å². The van der Waals surface area contributed by atoms with Gasteiger partial charge < -0.3 is 4.74 Å². The standard InChI is InChI=1S/C13H11Br2ClOS/c1-17-9-4-2-8(3-5-9)6-10(14)12-7-11(15)13(16)18-12/h2-5,7,10H,6H2,1H3. The van der Waals surface area contributed by atoms with E-state index in [2.05, 4.69) is 50.1 Å². The van der Waals surface area contributed by atoms with Gasteiger partial charge >= 0.3 is 0 Å². The Morgan fingerprint density at radius 2 is 2.00 bits per heavy atom. The molecule has 1 unspecified atom stereocenters. The maximum absolute atomic E-state index is 6.05. The van der Waals surface area contributed by atoms with Crippen molar-refractivity contribution in [3.63, 3.8) is 0 Å². The molecule has 0 saturated carbocycles. The Morgan fingerprint density at radius 3 is 2.50 bits per heavy atom. The highest BCUT2D eigenvalue weighted by Crippen LogP contribution is 2.39.